The average Bonchev–Trinajstić information content (AvgIpc) is 2.38. The highest BCUT2D eigenvalue weighted by atomic mass is 16.1. The summed E-state index contributed by atoms with van der Waals surface area (Å²) in [5.41, 5.74) is 6.68. The molecule has 0 aliphatic rings. The second-order valence-corrected chi connectivity index (χ2v) is 3.51. The highest BCUT2D eigenvalue weighted by Gasteiger charge is 2.06. The maximum Gasteiger partial charge on any atom is 0.272 e. The van der Waals surface area contributed by atoms with Gasteiger partial charge in [0.15, 0.2) is 5.69 Å². The first-order valence-electron chi connectivity index (χ1n) is 5.17. The summed E-state index contributed by atoms with van der Waals surface area (Å²) in [6.45, 7) is 0.464. The van der Waals surface area contributed by atoms with Gasteiger partial charge >= 0.3 is 0 Å². The van der Waals surface area contributed by atoms with Crippen molar-refractivity contribution in [2.75, 3.05) is 5.73 Å². The van der Waals surface area contributed by atoms with E-state index in [-0.39, 0.29) is 11.6 Å². The Bertz CT molecular complexity index is 496. The maximum absolute atomic E-state index is 11.7. The van der Waals surface area contributed by atoms with Crippen molar-refractivity contribution in [3.8, 4) is 0 Å². The third-order valence-corrected chi connectivity index (χ3v) is 2.21. The molecule has 17 heavy (non-hydrogen) atoms. The molecule has 0 bridgehead atoms. The van der Waals surface area contributed by atoms with E-state index in [0.717, 1.165) is 5.56 Å². The van der Waals surface area contributed by atoms with Crippen LogP contribution in [0.25, 0.3) is 0 Å². The smallest absolute Gasteiger partial charge is 0.272 e. The lowest BCUT2D eigenvalue weighted by molar-refractivity contribution is 0.0945. The molecular weight excluding hydrogens is 216 g/mol. The van der Waals surface area contributed by atoms with Crippen molar-refractivity contribution in [1.82, 2.24) is 15.5 Å². The van der Waals surface area contributed by atoms with E-state index in [9.17, 15) is 4.79 Å². The number of benzene rings is 1. The molecular formula is C12H12N4O. The molecule has 0 unspecified atom stereocenters. The normalized spacial score (nSPS) is 9.88. The summed E-state index contributed by atoms with van der Waals surface area (Å²) < 4.78 is 0. The van der Waals surface area contributed by atoms with Crippen LogP contribution in [0.1, 0.15) is 16.1 Å². The number of anilines is 1. The number of amides is 1. The summed E-state index contributed by atoms with van der Waals surface area (Å²) in [6, 6.07) is 12.7. The zero-order valence-electron chi connectivity index (χ0n) is 9.13. The molecule has 2 rings (SSSR count). The van der Waals surface area contributed by atoms with Crippen LogP contribution >= 0.6 is 0 Å². The molecule has 1 aromatic heterocycles. The molecule has 2 aromatic rings. The van der Waals surface area contributed by atoms with Crippen LogP contribution in [0, 0.1) is 0 Å². The van der Waals surface area contributed by atoms with Crippen LogP contribution < -0.4 is 11.1 Å². The molecule has 1 aromatic carbocycles. The van der Waals surface area contributed by atoms with Crippen LogP contribution in [0.2, 0.25) is 0 Å². The zero-order valence-corrected chi connectivity index (χ0v) is 9.13. The molecule has 0 saturated heterocycles. The van der Waals surface area contributed by atoms with Crippen molar-refractivity contribution in [3.05, 3.63) is 53.7 Å². The fourth-order valence-corrected chi connectivity index (χ4v) is 1.33. The van der Waals surface area contributed by atoms with Gasteiger partial charge in [0.2, 0.25) is 0 Å². The number of aromatic nitrogens is 2. The second kappa shape index (κ2) is 5.07. The van der Waals surface area contributed by atoms with E-state index in [1.165, 1.54) is 0 Å². The van der Waals surface area contributed by atoms with Gasteiger partial charge in [-0.05, 0) is 17.7 Å². The molecule has 0 radical (unpaired) electrons. The highest BCUT2D eigenvalue weighted by Crippen LogP contribution is 2.00. The summed E-state index contributed by atoms with van der Waals surface area (Å²) >= 11 is 0. The van der Waals surface area contributed by atoms with Gasteiger partial charge in [0.25, 0.3) is 5.91 Å². The predicted octanol–water partition coefficient (Wildman–Crippen LogP) is 0.989. The molecule has 1 amide bonds. The van der Waals surface area contributed by atoms with Gasteiger partial charge < -0.3 is 11.1 Å². The summed E-state index contributed by atoms with van der Waals surface area (Å²) in [7, 11) is 0. The van der Waals surface area contributed by atoms with Gasteiger partial charge in [-0.25, -0.2) is 0 Å². The second-order valence-electron chi connectivity index (χ2n) is 3.51. The van der Waals surface area contributed by atoms with Crippen LogP contribution in [-0.2, 0) is 6.54 Å². The number of nitrogens with one attached hydrogen (secondary N) is 1. The number of hydrogen-bond donors (Lipinski definition) is 2. The van der Waals surface area contributed by atoms with E-state index >= 15 is 0 Å². The molecule has 0 spiro atoms. The quantitative estimate of drug-likeness (QED) is 0.820. The van der Waals surface area contributed by atoms with Crippen molar-refractivity contribution in [1.29, 1.82) is 0 Å². The summed E-state index contributed by atoms with van der Waals surface area (Å²) in [5, 5.41) is 10.1. The Morgan fingerprint density at radius 1 is 1.12 bits per heavy atom. The molecule has 0 fully saturated rings. The van der Waals surface area contributed by atoms with Gasteiger partial charge in [-0.2, -0.15) is 0 Å². The zero-order chi connectivity index (χ0) is 12.1. The number of rotatable bonds is 3. The first kappa shape index (κ1) is 11.1. The molecule has 0 aliphatic heterocycles. The molecule has 5 heteroatoms. The van der Waals surface area contributed by atoms with Crippen molar-refractivity contribution in [3.63, 3.8) is 0 Å². The predicted molar refractivity (Wildman–Crippen MR) is 64.1 cm³/mol. The Morgan fingerprint density at radius 2 is 1.88 bits per heavy atom. The standard InChI is InChI=1S/C12H12N4O/c13-11-7-6-10(15-16-11)12(17)14-8-9-4-2-1-3-5-9/h1-7H,8H2,(H2,13,16)(H,14,17). The van der Waals surface area contributed by atoms with Crippen molar-refractivity contribution in [2.24, 2.45) is 0 Å². The Balaban J connectivity index is 1.96. The van der Waals surface area contributed by atoms with Gasteiger partial charge in [0.1, 0.15) is 5.82 Å². The minimum absolute atomic E-state index is 0.259. The van der Waals surface area contributed by atoms with Crippen LogP contribution in [0.15, 0.2) is 42.5 Å². The lowest BCUT2D eigenvalue weighted by Crippen LogP contribution is -2.24. The SMILES string of the molecule is Nc1ccc(C(=O)NCc2ccccc2)nn1. The Morgan fingerprint density at radius 3 is 2.53 bits per heavy atom. The van der Waals surface area contributed by atoms with E-state index in [2.05, 4.69) is 15.5 Å². The largest absolute Gasteiger partial charge is 0.382 e. The van der Waals surface area contributed by atoms with Gasteiger partial charge in [0, 0.05) is 6.54 Å². The Kier molecular flexibility index (Phi) is 3.30. The number of nitrogens with two attached hydrogens (primary N) is 1. The van der Waals surface area contributed by atoms with Crippen LogP contribution in [0.5, 0.6) is 0 Å². The van der Waals surface area contributed by atoms with Gasteiger partial charge in [0.05, 0.1) is 0 Å². The number of hydrogen-bond acceptors (Lipinski definition) is 4. The van der Waals surface area contributed by atoms with E-state index in [1.54, 1.807) is 12.1 Å². The molecule has 86 valence electrons. The number of nitrogen functional groups attached to an aromatic ring is 1. The number of carbonyl (C=O) groups excluding carboxylic acids is 1. The molecule has 1 heterocycles. The number of nitrogens with zero attached hydrogens (tertiary/aromatic N) is 2. The third-order valence-electron chi connectivity index (χ3n) is 2.21. The van der Waals surface area contributed by atoms with Crippen molar-refractivity contribution in [2.45, 2.75) is 6.54 Å². The van der Waals surface area contributed by atoms with Crippen LogP contribution in [-0.4, -0.2) is 16.1 Å². The van der Waals surface area contributed by atoms with Crippen molar-refractivity contribution >= 4 is 11.7 Å². The van der Waals surface area contributed by atoms with E-state index in [0.29, 0.717) is 12.4 Å². The van der Waals surface area contributed by atoms with Gasteiger partial charge in [-0.1, -0.05) is 30.3 Å². The topological polar surface area (TPSA) is 80.9 Å². The third kappa shape index (κ3) is 3.01. The highest BCUT2D eigenvalue weighted by molar-refractivity contribution is 5.92. The molecule has 3 N–H and O–H groups in total. The lowest BCUT2D eigenvalue weighted by atomic mass is 10.2. The first-order valence-corrected chi connectivity index (χ1v) is 5.17. The lowest BCUT2D eigenvalue weighted by Gasteiger charge is -2.04. The average molecular weight is 228 g/mol. The Labute approximate surface area is 98.7 Å². The van der Waals surface area contributed by atoms with E-state index in [4.69, 9.17) is 5.73 Å². The minimum Gasteiger partial charge on any atom is -0.382 e. The van der Waals surface area contributed by atoms with Gasteiger partial charge in [-0.15, -0.1) is 10.2 Å². The van der Waals surface area contributed by atoms with Crippen LogP contribution in [0.4, 0.5) is 5.82 Å². The van der Waals surface area contributed by atoms with Crippen LogP contribution in [0.3, 0.4) is 0 Å². The summed E-state index contributed by atoms with van der Waals surface area (Å²) in [4.78, 5) is 11.7. The minimum atomic E-state index is -0.263. The van der Waals surface area contributed by atoms with Crippen molar-refractivity contribution < 1.29 is 4.79 Å². The van der Waals surface area contributed by atoms with E-state index < -0.39 is 0 Å². The van der Waals surface area contributed by atoms with E-state index in [1.807, 2.05) is 30.3 Å². The first-order chi connectivity index (χ1) is 8.25. The molecule has 5 nitrogen and oxygen atoms in total. The molecule has 0 atom stereocenters. The summed E-state index contributed by atoms with van der Waals surface area (Å²) in [5.74, 6) is 0.0333. The summed E-state index contributed by atoms with van der Waals surface area (Å²) in [6.07, 6.45) is 0. The fourth-order valence-electron chi connectivity index (χ4n) is 1.33. The molecule has 0 saturated carbocycles. The number of carbonyl (C=O) groups is 1. The monoisotopic (exact) mass is 228 g/mol. The maximum atomic E-state index is 11.7. The molecule has 0 aliphatic carbocycles. The fraction of sp³-hybridized carbons (Fsp3) is 0.0833. The Hall–Kier alpha value is -2.43. The van der Waals surface area contributed by atoms with Gasteiger partial charge in [-0.3, -0.25) is 4.79 Å².